The fourth-order valence-corrected chi connectivity index (χ4v) is 2.16. The molecule has 0 saturated carbocycles. The van der Waals surface area contributed by atoms with Crippen molar-refractivity contribution >= 4 is 23.2 Å². The van der Waals surface area contributed by atoms with Crippen LogP contribution in [0.25, 0.3) is 0 Å². The van der Waals surface area contributed by atoms with Crippen molar-refractivity contribution in [2.75, 3.05) is 6.54 Å². The molecule has 0 radical (unpaired) electrons. The van der Waals surface area contributed by atoms with Crippen LogP contribution in [0.4, 0.5) is 5.69 Å². The SMILES string of the molecule is CCCCC(CN)NC(=O)C(C)Oc1ccc(Cl)cc1[N+](=O)[O-]. The molecule has 0 bridgehead atoms. The van der Waals surface area contributed by atoms with Gasteiger partial charge in [-0.25, -0.2) is 0 Å². The second kappa shape index (κ2) is 9.32. The van der Waals surface area contributed by atoms with Crippen LogP contribution in [0.3, 0.4) is 0 Å². The van der Waals surface area contributed by atoms with Gasteiger partial charge in [-0.15, -0.1) is 0 Å². The van der Waals surface area contributed by atoms with Crippen molar-refractivity contribution in [2.45, 2.75) is 45.3 Å². The maximum atomic E-state index is 12.1. The third kappa shape index (κ3) is 6.03. The molecule has 7 nitrogen and oxygen atoms in total. The zero-order valence-electron chi connectivity index (χ0n) is 13.3. The van der Waals surface area contributed by atoms with Gasteiger partial charge in [0.25, 0.3) is 5.91 Å². The van der Waals surface area contributed by atoms with Gasteiger partial charge in [-0.2, -0.15) is 0 Å². The molecular weight excluding hydrogens is 322 g/mol. The first-order valence-corrected chi connectivity index (χ1v) is 7.87. The Morgan fingerprint density at radius 1 is 1.52 bits per heavy atom. The number of ether oxygens (including phenoxy) is 1. The quantitative estimate of drug-likeness (QED) is 0.529. The second-order valence-electron chi connectivity index (χ2n) is 5.21. The zero-order valence-corrected chi connectivity index (χ0v) is 14.0. The predicted molar refractivity (Wildman–Crippen MR) is 88.7 cm³/mol. The molecule has 0 spiro atoms. The molecule has 0 aliphatic heterocycles. The van der Waals surface area contributed by atoms with E-state index >= 15 is 0 Å². The standard InChI is InChI=1S/C15H22ClN3O4/c1-3-4-5-12(9-17)18-15(20)10(2)23-14-7-6-11(16)8-13(14)19(21)22/h6-8,10,12H,3-5,9,17H2,1-2H3,(H,18,20). The van der Waals surface area contributed by atoms with E-state index in [-0.39, 0.29) is 28.4 Å². The Labute approximate surface area is 140 Å². The Bertz CT molecular complexity index is 554. The van der Waals surface area contributed by atoms with Crippen molar-refractivity contribution in [3.8, 4) is 5.75 Å². The zero-order chi connectivity index (χ0) is 17.4. The first-order chi connectivity index (χ1) is 10.9. The highest BCUT2D eigenvalue weighted by Gasteiger charge is 2.23. The summed E-state index contributed by atoms with van der Waals surface area (Å²) in [5, 5.41) is 14.0. The number of nitrogens with zero attached hydrogens (tertiary/aromatic N) is 1. The van der Waals surface area contributed by atoms with Crippen molar-refractivity contribution in [2.24, 2.45) is 5.73 Å². The summed E-state index contributed by atoms with van der Waals surface area (Å²) in [5.74, 6) is -0.360. The van der Waals surface area contributed by atoms with E-state index in [1.54, 1.807) is 0 Å². The van der Waals surface area contributed by atoms with Crippen LogP contribution in [0.15, 0.2) is 18.2 Å². The molecule has 0 heterocycles. The van der Waals surface area contributed by atoms with E-state index in [4.69, 9.17) is 22.1 Å². The molecule has 0 saturated heterocycles. The summed E-state index contributed by atoms with van der Waals surface area (Å²) >= 11 is 5.74. The highest BCUT2D eigenvalue weighted by atomic mass is 35.5. The molecule has 1 aromatic rings. The van der Waals surface area contributed by atoms with Crippen LogP contribution >= 0.6 is 11.6 Å². The Hall–Kier alpha value is -1.86. The summed E-state index contributed by atoms with van der Waals surface area (Å²) in [5.41, 5.74) is 5.36. The van der Waals surface area contributed by atoms with Gasteiger partial charge in [0.15, 0.2) is 11.9 Å². The van der Waals surface area contributed by atoms with Gasteiger partial charge >= 0.3 is 5.69 Å². The Morgan fingerprint density at radius 3 is 2.78 bits per heavy atom. The summed E-state index contributed by atoms with van der Waals surface area (Å²) < 4.78 is 5.42. The number of rotatable bonds is 9. The van der Waals surface area contributed by atoms with Crippen LogP contribution in [0.2, 0.25) is 5.02 Å². The monoisotopic (exact) mass is 343 g/mol. The third-order valence-electron chi connectivity index (χ3n) is 3.33. The molecule has 2 unspecified atom stereocenters. The topological polar surface area (TPSA) is 107 Å². The molecule has 8 heteroatoms. The average molecular weight is 344 g/mol. The van der Waals surface area contributed by atoms with Crippen molar-refractivity contribution in [1.82, 2.24) is 5.32 Å². The van der Waals surface area contributed by atoms with Crippen LogP contribution in [-0.2, 0) is 4.79 Å². The van der Waals surface area contributed by atoms with Crippen molar-refractivity contribution in [3.63, 3.8) is 0 Å². The van der Waals surface area contributed by atoms with Gasteiger partial charge in [-0.05, 0) is 25.5 Å². The molecule has 0 aliphatic rings. The molecule has 2 atom stereocenters. The van der Waals surface area contributed by atoms with Crippen molar-refractivity contribution in [1.29, 1.82) is 0 Å². The lowest BCUT2D eigenvalue weighted by atomic mass is 10.1. The predicted octanol–water partition coefficient (Wildman–Crippen LogP) is 2.65. The number of carbonyl (C=O) groups is 1. The van der Waals surface area contributed by atoms with Gasteiger partial charge in [-0.1, -0.05) is 31.4 Å². The van der Waals surface area contributed by atoms with Gasteiger partial charge in [0.05, 0.1) is 4.92 Å². The van der Waals surface area contributed by atoms with E-state index in [0.717, 1.165) is 19.3 Å². The summed E-state index contributed by atoms with van der Waals surface area (Å²) in [4.78, 5) is 22.6. The van der Waals surface area contributed by atoms with E-state index < -0.39 is 11.0 Å². The van der Waals surface area contributed by atoms with E-state index in [0.29, 0.717) is 6.54 Å². The molecule has 1 rings (SSSR count). The molecular formula is C15H22ClN3O4. The summed E-state index contributed by atoms with van der Waals surface area (Å²) in [7, 11) is 0. The number of nitro groups is 1. The summed E-state index contributed by atoms with van der Waals surface area (Å²) in [6, 6.07) is 3.90. The molecule has 128 valence electrons. The molecule has 1 aromatic carbocycles. The lowest BCUT2D eigenvalue weighted by molar-refractivity contribution is -0.386. The number of hydrogen-bond donors (Lipinski definition) is 2. The minimum Gasteiger partial charge on any atom is -0.474 e. The second-order valence-corrected chi connectivity index (χ2v) is 5.65. The Morgan fingerprint density at radius 2 is 2.22 bits per heavy atom. The lowest BCUT2D eigenvalue weighted by Crippen LogP contribution is -2.45. The molecule has 0 aromatic heterocycles. The molecule has 0 aliphatic carbocycles. The Kier molecular flexibility index (Phi) is 7.77. The minimum absolute atomic E-state index is 0.0000864. The number of nitrogens with one attached hydrogen (secondary N) is 1. The first kappa shape index (κ1) is 19.2. The smallest absolute Gasteiger partial charge is 0.312 e. The first-order valence-electron chi connectivity index (χ1n) is 7.50. The number of unbranched alkanes of at least 4 members (excludes halogenated alkanes) is 1. The van der Waals surface area contributed by atoms with Crippen LogP contribution in [0, 0.1) is 10.1 Å². The fraction of sp³-hybridized carbons (Fsp3) is 0.533. The average Bonchev–Trinajstić information content (AvgIpc) is 2.52. The van der Waals surface area contributed by atoms with Crippen LogP contribution < -0.4 is 15.8 Å². The number of hydrogen-bond acceptors (Lipinski definition) is 5. The number of carbonyl (C=O) groups excluding carboxylic acids is 1. The van der Waals surface area contributed by atoms with Crippen LogP contribution in [-0.4, -0.2) is 29.5 Å². The van der Waals surface area contributed by atoms with E-state index in [2.05, 4.69) is 12.2 Å². The summed E-state index contributed by atoms with van der Waals surface area (Å²) in [6.45, 7) is 3.92. The summed E-state index contributed by atoms with van der Waals surface area (Å²) in [6.07, 6.45) is 1.87. The van der Waals surface area contributed by atoms with Gasteiger partial charge in [0, 0.05) is 23.7 Å². The maximum Gasteiger partial charge on any atom is 0.312 e. The number of amides is 1. The van der Waals surface area contributed by atoms with E-state index in [1.165, 1.54) is 25.1 Å². The van der Waals surface area contributed by atoms with E-state index in [1.807, 2.05) is 0 Å². The number of nitro benzene ring substituents is 1. The van der Waals surface area contributed by atoms with Gasteiger partial charge in [-0.3, -0.25) is 14.9 Å². The number of nitrogens with two attached hydrogens (primary N) is 1. The maximum absolute atomic E-state index is 12.1. The largest absolute Gasteiger partial charge is 0.474 e. The highest BCUT2D eigenvalue weighted by Crippen LogP contribution is 2.30. The molecule has 1 amide bonds. The van der Waals surface area contributed by atoms with Crippen LogP contribution in [0.5, 0.6) is 5.75 Å². The van der Waals surface area contributed by atoms with Gasteiger partial charge in [0.1, 0.15) is 0 Å². The minimum atomic E-state index is -0.884. The number of halogens is 1. The molecule has 23 heavy (non-hydrogen) atoms. The van der Waals surface area contributed by atoms with Crippen molar-refractivity contribution in [3.05, 3.63) is 33.3 Å². The molecule has 3 N–H and O–H groups in total. The lowest BCUT2D eigenvalue weighted by Gasteiger charge is -2.20. The van der Waals surface area contributed by atoms with Gasteiger partial charge in [0.2, 0.25) is 0 Å². The Balaban J connectivity index is 2.73. The van der Waals surface area contributed by atoms with Gasteiger partial charge < -0.3 is 15.8 Å². The fourth-order valence-electron chi connectivity index (χ4n) is 1.99. The number of benzene rings is 1. The third-order valence-corrected chi connectivity index (χ3v) is 3.56. The highest BCUT2D eigenvalue weighted by molar-refractivity contribution is 6.30. The van der Waals surface area contributed by atoms with E-state index in [9.17, 15) is 14.9 Å². The van der Waals surface area contributed by atoms with Crippen LogP contribution in [0.1, 0.15) is 33.1 Å². The van der Waals surface area contributed by atoms with Crippen molar-refractivity contribution < 1.29 is 14.5 Å². The molecule has 0 fully saturated rings. The normalized spacial score (nSPS) is 13.2.